The average molecular weight is 235 g/mol. The first-order valence-corrected chi connectivity index (χ1v) is 6.23. The van der Waals surface area contributed by atoms with Gasteiger partial charge in [-0.15, -0.1) is 0 Å². The third-order valence-electron chi connectivity index (χ3n) is 3.56. The third kappa shape index (κ3) is 1.33. The van der Waals surface area contributed by atoms with E-state index in [1.807, 2.05) is 24.3 Å². The van der Waals surface area contributed by atoms with E-state index >= 15 is 0 Å². The van der Waals surface area contributed by atoms with Crippen molar-refractivity contribution in [2.75, 3.05) is 13.1 Å². The van der Waals surface area contributed by atoms with Crippen LogP contribution in [0.3, 0.4) is 0 Å². The zero-order chi connectivity index (χ0) is 11.9. The van der Waals surface area contributed by atoms with Gasteiger partial charge in [-0.2, -0.15) is 0 Å². The highest BCUT2D eigenvalue weighted by atomic mass is 16.5. The fourth-order valence-corrected chi connectivity index (χ4v) is 2.60. The SMILES string of the molecule is c1ccc2c(c1)Oc1ccccc1C2=C1CNC1. The van der Waals surface area contributed by atoms with E-state index in [2.05, 4.69) is 29.6 Å². The Bertz CT molecular complexity index is 604. The number of nitrogens with one attached hydrogen (secondary N) is 1. The lowest BCUT2D eigenvalue weighted by atomic mass is 9.88. The molecule has 4 rings (SSSR count). The van der Waals surface area contributed by atoms with Crippen LogP contribution in [0.1, 0.15) is 11.1 Å². The molecule has 2 aromatic rings. The standard InChI is InChI=1S/C16H13NO/c1-3-7-14-12(5-1)16(11-9-17-10-11)13-6-2-4-8-15(13)18-14/h1-8,17H,9-10H2. The maximum atomic E-state index is 5.97. The van der Waals surface area contributed by atoms with Crippen molar-refractivity contribution in [2.45, 2.75) is 0 Å². The maximum absolute atomic E-state index is 5.97. The van der Waals surface area contributed by atoms with Gasteiger partial charge < -0.3 is 10.1 Å². The molecule has 0 amide bonds. The summed E-state index contributed by atoms with van der Waals surface area (Å²) in [6.07, 6.45) is 0. The Labute approximate surface area is 106 Å². The summed E-state index contributed by atoms with van der Waals surface area (Å²) in [5.74, 6) is 1.93. The van der Waals surface area contributed by atoms with Crippen LogP contribution in [-0.4, -0.2) is 13.1 Å². The van der Waals surface area contributed by atoms with E-state index in [0.717, 1.165) is 24.6 Å². The monoisotopic (exact) mass is 235 g/mol. The number of benzene rings is 2. The Morgan fingerprint density at radius 2 is 1.33 bits per heavy atom. The molecular formula is C16H13NO. The first-order chi connectivity index (χ1) is 8.93. The van der Waals surface area contributed by atoms with Gasteiger partial charge in [-0.3, -0.25) is 0 Å². The zero-order valence-electron chi connectivity index (χ0n) is 9.94. The molecule has 0 aliphatic carbocycles. The molecule has 0 bridgehead atoms. The molecule has 2 heteroatoms. The van der Waals surface area contributed by atoms with Crippen LogP contribution in [0, 0.1) is 0 Å². The van der Waals surface area contributed by atoms with Crippen molar-refractivity contribution < 1.29 is 4.74 Å². The predicted octanol–water partition coefficient (Wildman–Crippen LogP) is 3.20. The topological polar surface area (TPSA) is 21.3 Å². The Kier molecular flexibility index (Phi) is 2.05. The molecule has 2 nitrogen and oxygen atoms in total. The molecule has 0 aromatic heterocycles. The summed E-state index contributed by atoms with van der Waals surface area (Å²) >= 11 is 0. The summed E-state index contributed by atoms with van der Waals surface area (Å²) in [6, 6.07) is 16.6. The largest absolute Gasteiger partial charge is 0.456 e. The van der Waals surface area contributed by atoms with Crippen molar-refractivity contribution in [3.8, 4) is 11.5 Å². The van der Waals surface area contributed by atoms with E-state index in [1.54, 1.807) is 0 Å². The molecule has 0 saturated carbocycles. The Morgan fingerprint density at radius 3 is 1.83 bits per heavy atom. The van der Waals surface area contributed by atoms with Crippen LogP contribution >= 0.6 is 0 Å². The van der Waals surface area contributed by atoms with Crippen molar-refractivity contribution in [3.05, 3.63) is 65.2 Å². The molecule has 2 heterocycles. The van der Waals surface area contributed by atoms with E-state index in [9.17, 15) is 0 Å². The molecule has 0 radical (unpaired) electrons. The minimum atomic E-state index is 0.964. The Morgan fingerprint density at radius 1 is 0.778 bits per heavy atom. The lowest BCUT2D eigenvalue weighted by Crippen LogP contribution is -2.35. The quantitative estimate of drug-likeness (QED) is 0.646. The zero-order valence-corrected chi connectivity index (χ0v) is 9.94. The minimum absolute atomic E-state index is 0.964. The molecule has 2 aromatic carbocycles. The molecule has 1 saturated heterocycles. The molecule has 0 spiro atoms. The second kappa shape index (κ2) is 3.72. The first kappa shape index (κ1) is 9.92. The predicted molar refractivity (Wildman–Crippen MR) is 71.8 cm³/mol. The van der Waals surface area contributed by atoms with Crippen molar-refractivity contribution in [2.24, 2.45) is 0 Å². The number of fused-ring (bicyclic) bond motifs is 2. The van der Waals surface area contributed by atoms with Crippen LogP contribution in [0.5, 0.6) is 11.5 Å². The lowest BCUT2D eigenvalue weighted by molar-refractivity contribution is 0.473. The highest BCUT2D eigenvalue weighted by Crippen LogP contribution is 2.44. The summed E-state index contributed by atoms with van der Waals surface area (Å²) in [6.45, 7) is 1.97. The normalized spacial score (nSPS) is 16.4. The molecule has 88 valence electrons. The molecule has 18 heavy (non-hydrogen) atoms. The number of para-hydroxylation sites is 2. The van der Waals surface area contributed by atoms with Crippen molar-refractivity contribution >= 4 is 5.57 Å². The highest BCUT2D eigenvalue weighted by Gasteiger charge is 2.25. The van der Waals surface area contributed by atoms with Gasteiger partial charge in [-0.25, -0.2) is 0 Å². The van der Waals surface area contributed by atoms with Gasteiger partial charge in [0, 0.05) is 24.2 Å². The van der Waals surface area contributed by atoms with E-state index in [1.165, 1.54) is 22.3 Å². The van der Waals surface area contributed by atoms with Crippen molar-refractivity contribution in [3.63, 3.8) is 0 Å². The number of ether oxygens (including phenoxy) is 1. The summed E-state index contributed by atoms with van der Waals surface area (Å²) < 4.78 is 5.97. The summed E-state index contributed by atoms with van der Waals surface area (Å²) in [7, 11) is 0. The van der Waals surface area contributed by atoms with Crippen molar-refractivity contribution in [1.29, 1.82) is 0 Å². The fraction of sp³-hybridized carbons (Fsp3) is 0.125. The molecule has 1 N–H and O–H groups in total. The van der Waals surface area contributed by atoms with Crippen LogP contribution in [0.25, 0.3) is 5.57 Å². The molecule has 2 aliphatic heterocycles. The van der Waals surface area contributed by atoms with Gasteiger partial charge in [-0.1, -0.05) is 36.4 Å². The molecule has 2 aliphatic rings. The number of hydrogen-bond donors (Lipinski definition) is 1. The lowest BCUT2D eigenvalue weighted by Gasteiger charge is -2.29. The summed E-state index contributed by atoms with van der Waals surface area (Å²) in [5.41, 5.74) is 5.25. The minimum Gasteiger partial charge on any atom is -0.456 e. The molecule has 0 unspecified atom stereocenters. The average Bonchev–Trinajstić information content (AvgIpc) is 2.36. The second-order valence-electron chi connectivity index (χ2n) is 4.68. The number of rotatable bonds is 0. The maximum Gasteiger partial charge on any atom is 0.135 e. The van der Waals surface area contributed by atoms with Crippen LogP contribution in [0.2, 0.25) is 0 Å². The van der Waals surface area contributed by atoms with Gasteiger partial charge >= 0.3 is 0 Å². The van der Waals surface area contributed by atoms with Gasteiger partial charge in [0.25, 0.3) is 0 Å². The van der Waals surface area contributed by atoms with Gasteiger partial charge in [0.1, 0.15) is 11.5 Å². The third-order valence-corrected chi connectivity index (χ3v) is 3.56. The van der Waals surface area contributed by atoms with E-state index in [0.29, 0.717) is 0 Å². The van der Waals surface area contributed by atoms with Crippen LogP contribution < -0.4 is 10.1 Å². The van der Waals surface area contributed by atoms with Gasteiger partial charge in [-0.05, 0) is 23.3 Å². The van der Waals surface area contributed by atoms with Gasteiger partial charge in [0.15, 0.2) is 0 Å². The number of hydrogen-bond acceptors (Lipinski definition) is 2. The van der Waals surface area contributed by atoms with Crippen LogP contribution in [-0.2, 0) is 0 Å². The first-order valence-electron chi connectivity index (χ1n) is 6.23. The highest BCUT2D eigenvalue weighted by molar-refractivity contribution is 5.90. The molecular weight excluding hydrogens is 222 g/mol. The van der Waals surface area contributed by atoms with Crippen LogP contribution in [0.4, 0.5) is 0 Å². The van der Waals surface area contributed by atoms with E-state index in [-0.39, 0.29) is 0 Å². The fourth-order valence-electron chi connectivity index (χ4n) is 2.60. The molecule has 1 fully saturated rings. The Balaban J connectivity index is 2.02. The van der Waals surface area contributed by atoms with Gasteiger partial charge in [0.2, 0.25) is 0 Å². The van der Waals surface area contributed by atoms with Gasteiger partial charge in [0.05, 0.1) is 0 Å². The second-order valence-corrected chi connectivity index (χ2v) is 4.68. The summed E-state index contributed by atoms with van der Waals surface area (Å²) in [5, 5.41) is 3.32. The molecule has 0 atom stereocenters. The van der Waals surface area contributed by atoms with Crippen LogP contribution in [0.15, 0.2) is 54.1 Å². The van der Waals surface area contributed by atoms with Crippen molar-refractivity contribution in [1.82, 2.24) is 5.32 Å². The summed E-state index contributed by atoms with van der Waals surface area (Å²) in [4.78, 5) is 0. The Hall–Kier alpha value is -2.06. The smallest absolute Gasteiger partial charge is 0.135 e. The van der Waals surface area contributed by atoms with E-state index < -0.39 is 0 Å². The van der Waals surface area contributed by atoms with E-state index in [4.69, 9.17) is 4.74 Å².